The van der Waals surface area contributed by atoms with Gasteiger partial charge in [-0.2, -0.15) is 4.33 Å². The smallest absolute Gasteiger partial charge is 0.127 e. The average molecular weight is 193 g/mol. The molecular weight excluding hydrogens is 190 g/mol. The molecule has 0 aliphatic rings. The van der Waals surface area contributed by atoms with Crippen LogP contribution in [0.3, 0.4) is 0 Å². The Balaban J connectivity index is 2.72. The molecule has 0 bridgehead atoms. The van der Waals surface area contributed by atoms with Crippen molar-refractivity contribution < 1.29 is 23.4 Å². The summed E-state index contributed by atoms with van der Waals surface area (Å²) < 4.78 is 28.7. The second-order valence-corrected chi connectivity index (χ2v) is 2.60. The average Bonchev–Trinajstić information content (AvgIpc) is 1.99. The zero-order valence-corrected chi connectivity index (χ0v) is 6.44. The number of rotatable bonds is 3. The highest BCUT2D eigenvalue weighted by Crippen LogP contribution is 2.20. The van der Waals surface area contributed by atoms with Gasteiger partial charge in [0.1, 0.15) is 11.6 Å². The molecule has 0 unspecified atom stereocenters. The predicted octanol–water partition coefficient (Wildman–Crippen LogP) is 1.20. The third kappa shape index (κ3) is 2.74. The molecular formula is C6H3F2O3S-. The lowest BCUT2D eigenvalue weighted by molar-refractivity contribution is -0.777. The van der Waals surface area contributed by atoms with Crippen LogP contribution in [0.1, 0.15) is 0 Å². The van der Waals surface area contributed by atoms with Crippen LogP contribution in [0.25, 0.3) is 0 Å². The SMILES string of the molecule is [O-]OOSc1cc(F)cc(F)c1. The highest BCUT2D eigenvalue weighted by atomic mass is 32.2. The van der Waals surface area contributed by atoms with E-state index in [1.54, 1.807) is 0 Å². The van der Waals surface area contributed by atoms with Gasteiger partial charge in [-0.1, -0.05) is 0 Å². The summed E-state index contributed by atoms with van der Waals surface area (Å²) in [5, 5.41) is 12.3. The van der Waals surface area contributed by atoms with Crippen molar-refractivity contribution in [2.45, 2.75) is 4.90 Å². The Labute approximate surface area is 71.0 Å². The van der Waals surface area contributed by atoms with E-state index in [2.05, 4.69) is 9.37 Å². The monoisotopic (exact) mass is 193 g/mol. The van der Waals surface area contributed by atoms with Crippen molar-refractivity contribution in [2.75, 3.05) is 0 Å². The predicted molar refractivity (Wildman–Crippen MR) is 34.4 cm³/mol. The Bertz CT molecular complexity index is 249. The molecule has 0 aromatic heterocycles. The highest BCUT2D eigenvalue weighted by Gasteiger charge is 2.00. The fourth-order valence-corrected chi connectivity index (χ4v) is 1.06. The standard InChI is InChI=1S/C6H4F2O3S/c7-4-1-5(8)3-6(2-4)12-11-10-9/h1-3,9H/p-1. The van der Waals surface area contributed by atoms with Crippen molar-refractivity contribution in [2.24, 2.45) is 0 Å². The molecule has 0 N–H and O–H groups in total. The van der Waals surface area contributed by atoms with Gasteiger partial charge in [-0.15, -0.1) is 0 Å². The van der Waals surface area contributed by atoms with Gasteiger partial charge in [0.25, 0.3) is 0 Å². The Kier molecular flexibility index (Phi) is 3.42. The number of hydrogen-bond acceptors (Lipinski definition) is 4. The minimum Gasteiger partial charge on any atom is -0.691 e. The fraction of sp³-hybridized carbons (Fsp3) is 0. The van der Waals surface area contributed by atoms with Gasteiger partial charge >= 0.3 is 0 Å². The summed E-state index contributed by atoms with van der Waals surface area (Å²) in [5.74, 6) is -1.49. The second kappa shape index (κ2) is 4.36. The maximum absolute atomic E-state index is 12.4. The molecule has 3 nitrogen and oxygen atoms in total. The first kappa shape index (κ1) is 9.40. The van der Waals surface area contributed by atoms with E-state index >= 15 is 0 Å². The molecule has 0 aliphatic carbocycles. The Morgan fingerprint density at radius 3 is 2.25 bits per heavy atom. The minimum atomic E-state index is -0.744. The summed E-state index contributed by atoms with van der Waals surface area (Å²) >= 11 is 0.434. The van der Waals surface area contributed by atoms with E-state index in [1.165, 1.54) is 0 Å². The third-order valence-corrected chi connectivity index (χ3v) is 1.55. The molecule has 6 heteroatoms. The van der Waals surface area contributed by atoms with Crippen LogP contribution in [0.2, 0.25) is 0 Å². The first-order valence-corrected chi connectivity index (χ1v) is 3.56. The van der Waals surface area contributed by atoms with Gasteiger partial charge in [0.05, 0.1) is 12.0 Å². The quantitative estimate of drug-likeness (QED) is 0.411. The van der Waals surface area contributed by atoms with E-state index in [9.17, 15) is 14.0 Å². The number of hydrogen-bond donors (Lipinski definition) is 0. The number of halogens is 2. The first-order chi connectivity index (χ1) is 5.72. The third-order valence-electron chi connectivity index (χ3n) is 0.994. The van der Waals surface area contributed by atoms with Gasteiger partial charge in [-0.3, -0.25) is 5.04 Å². The minimum absolute atomic E-state index is 0.114. The first-order valence-electron chi connectivity index (χ1n) is 2.81. The lowest BCUT2D eigenvalue weighted by atomic mass is 10.3. The summed E-state index contributed by atoms with van der Waals surface area (Å²) in [5.41, 5.74) is 0. The molecule has 1 rings (SSSR count). The van der Waals surface area contributed by atoms with Crippen molar-refractivity contribution in [3.05, 3.63) is 29.8 Å². The summed E-state index contributed by atoms with van der Waals surface area (Å²) in [4.78, 5) is 0.114. The Hall–Kier alpha value is -0.690. The van der Waals surface area contributed by atoms with E-state index in [0.29, 0.717) is 18.1 Å². The zero-order valence-electron chi connectivity index (χ0n) is 5.62. The summed E-state index contributed by atoms with van der Waals surface area (Å²) in [6, 6.07) is 2.72. The molecule has 0 aliphatic heterocycles. The molecule has 0 atom stereocenters. The van der Waals surface area contributed by atoms with Crippen molar-refractivity contribution in [3.63, 3.8) is 0 Å². The Morgan fingerprint density at radius 2 is 1.75 bits per heavy atom. The van der Waals surface area contributed by atoms with Crippen LogP contribution < -0.4 is 5.26 Å². The molecule has 0 saturated heterocycles. The van der Waals surface area contributed by atoms with Crippen LogP contribution >= 0.6 is 12.0 Å². The molecule has 1 aromatic rings. The summed E-state index contributed by atoms with van der Waals surface area (Å²) in [6.45, 7) is 0. The lowest BCUT2D eigenvalue weighted by Crippen LogP contribution is -2.00. The topological polar surface area (TPSA) is 41.5 Å². The highest BCUT2D eigenvalue weighted by molar-refractivity contribution is 7.94. The lowest BCUT2D eigenvalue weighted by Gasteiger charge is -2.03. The molecule has 0 saturated carbocycles. The molecule has 66 valence electrons. The molecule has 0 heterocycles. The molecule has 0 fully saturated rings. The van der Waals surface area contributed by atoms with Crippen LogP contribution in [0.5, 0.6) is 0 Å². The van der Waals surface area contributed by atoms with Gasteiger partial charge in [-0.05, 0) is 12.1 Å². The van der Waals surface area contributed by atoms with E-state index in [0.717, 1.165) is 12.1 Å². The van der Waals surface area contributed by atoms with Crippen molar-refractivity contribution >= 4 is 12.0 Å². The van der Waals surface area contributed by atoms with Crippen LogP contribution in [-0.4, -0.2) is 0 Å². The van der Waals surface area contributed by atoms with Gasteiger partial charge in [0.2, 0.25) is 0 Å². The largest absolute Gasteiger partial charge is 0.691 e. The van der Waals surface area contributed by atoms with Crippen LogP contribution in [0.4, 0.5) is 8.78 Å². The van der Waals surface area contributed by atoms with Gasteiger partial charge in [0.15, 0.2) is 0 Å². The van der Waals surface area contributed by atoms with Crippen molar-refractivity contribution in [1.29, 1.82) is 0 Å². The van der Waals surface area contributed by atoms with Gasteiger partial charge in [0, 0.05) is 11.0 Å². The van der Waals surface area contributed by atoms with Gasteiger partial charge in [-0.25, -0.2) is 8.78 Å². The second-order valence-electron chi connectivity index (χ2n) is 1.82. The molecule has 0 amide bonds. The van der Waals surface area contributed by atoms with Crippen LogP contribution in [0, 0.1) is 11.6 Å². The molecule has 0 radical (unpaired) electrons. The van der Waals surface area contributed by atoms with Crippen LogP contribution in [0.15, 0.2) is 23.1 Å². The van der Waals surface area contributed by atoms with E-state index in [1.807, 2.05) is 0 Å². The Morgan fingerprint density at radius 1 is 1.17 bits per heavy atom. The number of benzene rings is 1. The van der Waals surface area contributed by atoms with E-state index < -0.39 is 11.6 Å². The fourth-order valence-electron chi connectivity index (χ4n) is 0.630. The maximum atomic E-state index is 12.4. The molecule has 1 aromatic carbocycles. The summed E-state index contributed by atoms with van der Waals surface area (Å²) in [6.07, 6.45) is 0. The van der Waals surface area contributed by atoms with E-state index in [4.69, 9.17) is 0 Å². The van der Waals surface area contributed by atoms with Crippen LogP contribution in [-0.2, 0) is 9.37 Å². The maximum Gasteiger partial charge on any atom is 0.127 e. The van der Waals surface area contributed by atoms with Crippen molar-refractivity contribution in [3.8, 4) is 0 Å². The zero-order chi connectivity index (χ0) is 8.97. The molecule has 12 heavy (non-hydrogen) atoms. The van der Waals surface area contributed by atoms with Gasteiger partial charge < -0.3 is 5.26 Å². The normalized spacial score (nSPS) is 10.2. The van der Waals surface area contributed by atoms with Crippen molar-refractivity contribution in [1.82, 2.24) is 0 Å². The summed E-state index contributed by atoms with van der Waals surface area (Å²) in [7, 11) is 0. The van der Waals surface area contributed by atoms with E-state index in [-0.39, 0.29) is 4.90 Å². The molecule has 0 spiro atoms.